The number of nitrogens with zero attached hydrogens (tertiary/aromatic N) is 5. The first-order chi connectivity index (χ1) is 18.1. The van der Waals surface area contributed by atoms with Crippen LogP contribution in [-0.2, 0) is 11.3 Å². The number of hydrogen-bond donors (Lipinski definition) is 1. The molecule has 2 saturated heterocycles. The third-order valence-corrected chi connectivity index (χ3v) is 7.39. The molecule has 4 heterocycles. The van der Waals surface area contributed by atoms with Crippen molar-refractivity contribution in [1.82, 2.24) is 30.0 Å². The van der Waals surface area contributed by atoms with Gasteiger partial charge in [-0.25, -0.2) is 13.8 Å². The first-order valence-corrected chi connectivity index (χ1v) is 12.9. The molecule has 37 heavy (non-hydrogen) atoms. The minimum atomic E-state index is -0.554. The molecule has 0 bridgehead atoms. The van der Waals surface area contributed by atoms with Gasteiger partial charge in [0.2, 0.25) is 0 Å². The van der Waals surface area contributed by atoms with Crippen LogP contribution in [0.1, 0.15) is 30.1 Å². The highest BCUT2D eigenvalue weighted by Crippen LogP contribution is 2.32. The minimum absolute atomic E-state index is 0.0820. The van der Waals surface area contributed by atoms with Gasteiger partial charge >= 0.3 is 0 Å². The molecule has 192 valence electrons. The van der Waals surface area contributed by atoms with Crippen molar-refractivity contribution >= 4 is 11.0 Å². The Morgan fingerprint density at radius 1 is 1.05 bits per heavy atom. The lowest BCUT2D eigenvalue weighted by Gasteiger charge is -2.27. The highest BCUT2D eigenvalue weighted by Gasteiger charge is 2.21. The molecule has 6 rings (SSSR count). The Balaban J connectivity index is 1.36. The Kier molecular flexibility index (Phi) is 6.67. The maximum Gasteiger partial charge on any atom is 0.131 e. The van der Waals surface area contributed by atoms with Crippen LogP contribution in [0.25, 0.3) is 33.4 Å². The van der Waals surface area contributed by atoms with Crippen LogP contribution in [0, 0.1) is 18.6 Å². The number of fused-ring (bicyclic) bond motifs is 1. The summed E-state index contributed by atoms with van der Waals surface area (Å²) in [6, 6.07) is 8.71. The Morgan fingerprint density at radius 3 is 2.57 bits per heavy atom. The summed E-state index contributed by atoms with van der Waals surface area (Å²) in [5.41, 5.74) is 4.94. The fraction of sp³-hybridized carbons (Fsp3) is 0.393. The van der Waals surface area contributed by atoms with Crippen LogP contribution >= 0.6 is 0 Å². The second kappa shape index (κ2) is 10.2. The molecule has 0 unspecified atom stereocenters. The summed E-state index contributed by atoms with van der Waals surface area (Å²) in [5, 5.41) is 8.15. The van der Waals surface area contributed by atoms with E-state index >= 15 is 8.78 Å². The Hall–Kier alpha value is -3.27. The SMILES string of the molecule is Cc1nn(C2CCNCC2)cc1-c1cnc2cccc(-c3cc(F)c(CN4CCOCC4)c(F)c3)c2n1. The summed E-state index contributed by atoms with van der Waals surface area (Å²) in [4.78, 5) is 11.6. The van der Waals surface area contributed by atoms with E-state index in [-0.39, 0.29) is 12.1 Å². The predicted molar refractivity (Wildman–Crippen MR) is 138 cm³/mol. The van der Waals surface area contributed by atoms with Gasteiger partial charge in [-0.3, -0.25) is 14.6 Å². The standard InChI is InChI=1S/C28H30F2N6O/c1-18-22(17-36(34-18)20-5-7-31-8-6-20)27-15-32-26-4-2-3-21(28(26)33-27)19-13-24(29)23(25(30)14-19)16-35-9-11-37-12-10-35/h2-4,13-15,17,20,31H,5-12,16H2,1H3. The number of para-hydroxylation sites is 1. The molecule has 7 nitrogen and oxygen atoms in total. The second-order valence-electron chi connectivity index (χ2n) is 9.82. The zero-order chi connectivity index (χ0) is 25.4. The molecule has 0 amide bonds. The van der Waals surface area contributed by atoms with Gasteiger partial charge in [-0.05, 0) is 56.6 Å². The van der Waals surface area contributed by atoms with E-state index in [0.717, 1.165) is 37.2 Å². The van der Waals surface area contributed by atoms with Gasteiger partial charge in [0.05, 0.1) is 47.9 Å². The Morgan fingerprint density at radius 2 is 1.81 bits per heavy atom. The topological polar surface area (TPSA) is 68.1 Å². The number of aryl methyl sites for hydroxylation is 1. The van der Waals surface area contributed by atoms with Gasteiger partial charge in [-0.1, -0.05) is 12.1 Å². The highest BCUT2D eigenvalue weighted by atomic mass is 19.1. The average molecular weight is 505 g/mol. The smallest absolute Gasteiger partial charge is 0.131 e. The molecule has 0 atom stereocenters. The molecule has 0 aliphatic carbocycles. The normalized spacial score (nSPS) is 17.5. The minimum Gasteiger partial charge on any atom is -0.379 e. The molecule has 0 radical (unpaired) electrons. The van der Waals surface area contributed by atoms with Crippen molar-refractivity contribution in [2.75, 3.05) is 39.4 Å². The van der Waals surface area contributed by atoms with E-state index in [1.807, 2.05) is 40.9 Å². The zero-order valence-corrected chi connectivity index (χ0v) is 20.9. The number of nitrogens with one attached hydrogen (secondary N) is 1. The largest absolute Gasteiger partial charge is 0.379 e. The molecule has 9 heteroatoms. The number of morpholine rings is 1. The molecule has 2 aliphatic rings. The predicted octanol–water partition coefficient (Wildman–Crippen LogP) is 4.50. The van der Waals surface area contributed by atoms with Crippen molar-refractivity contribution in [3.05, 3.63) is 65.6 Å². The van der Waals surface area contributed by atoms with Gasteiger partial charge in [-0.2, -0.15) is 5.10 Å². The van der Waals surface area contributed by atoms with E-state index < -0.39 is 11.6 Å². The fourth-order valence-corrected chi connectivity index (χ4v) is 5.28. The van der Waals surface area contributed by atoms with E-state index in [1.165, 1.54) is 12.1 Å². The molecule has 2 fully saturated rings. The quantitative estimate of drug-likeness (QED) is 0.432. The summed E-state index contributed by atoms with van der Waals surface area (Å²) in [6.45, 7) is 6.64. The number of benzene rings is 2. The zero-order valence-electron chi connectivity index (χ0n) is 20.9. The number of aromatic nitrogens is 4. The molecule has 2 aromatic heterocycles. The summed E-state index contributed by atoms with van der Waals surface area (Å²) < 4.78 is 37.7. The van der Waals surface area contributed by atoms with Gasteiger partial charge < -0.3 is 10.1 Å². The lowest BCUT2D eigenvalue weighted by Crippen LogP contribution is -2.36. The van der Waals surface area contributed by atoms with Crippen LogP contribution in [0.15, 0.2) is 42.7 Å². The van der Waals surface area contributed by atoms with Gasteiger partial charge in [0.1, 0.15) is 11.6 Å². The summed E-state index contributed by atoms with van der Waals surface area (Å²) >= 11 is 0. The molecule has 2 aliphatic heterocycles. The first-order valence-electron chi connectivity index (χ1n) is 12.9. The Labute approximate surface area is 214 Å². The molecule has 0 spiro atoms. The van der Waals surface area contributed by atoms with Gasteiger partial charge in [0.15, 0.2) is 0 Å². The molecular formula is C28H30F2N6O. The third-order valence-electron chi connectivity index (χ3n) is 7.39. The highest BCUT2D eigenvalue weighted by molar-refractivity contribution is 5.92. The van der Waals surface area contributed by atoms with Crippen LogP contribution in [0.5, 0.6) is 0 Å². The fourth-order valence-electron chi connectivity index (χ4n) is 5.28. The van der Waals surface area contributed by atoms with E-state index in [9.17, 15) is 0 Å². The van der Waals surface area contributed by atoms with Gasteiger partial charge in [0, 0.05) is 42.5 Å². The summed E-state index contributed by atoms with van der Waals surface area (Å²) in [5.74, 6) is -1.11. The van der Waals surface area contributed by atoms with Crippen molar-refractivity contribution in [1.29, 1.82) is 0 Å². The van der Waals surface area contributed by atoms with Crippen LogP contribution in [0.3, 0.4) is 0 Å². The van der Waals surface area contributed by atoms with E-state index in [2.05, 4.69) is 10.3 Å². The van der Waals surface area contributed by atoms with Crippen LogP contribution in [0.2, 0.25) is 0 Å². The summed E-state index contributed by atoms with van der Waals surface area (Å²) in [7, 11) is 0. The maximum absolute atomic E-state index is 15.2. The van der Waals surface area contributed by atoms with Gasteiger partial charge in [0.25, 0.3) is 0 Å². The third kappa shape index (κ3) is 4.86. The maximum atomic E-state index is 15.2. The van der Waals surface area contributed by atoms with Crippen molar-refractivity contribution in [3.8, 4) is 22.4 Å². The van der Waals surface area contributed by atoms with Crippen molar-refractivity contribution in [3.63, 3.8) is 0 Å². The molecule has 1 N–H and O–H groups in total. The lowest BCUT2D eigenvalue weighted by atomic mass is 10.0. The lowest BCUT2D eigenvalue weighted by molar-refractivity contribution is 0.0332. The van der Waals surface area contributed by atoms with Crippen molar-refractivity contribution < 1.29 is 13.5 Å². The molecule has 0 saturated carbocycles. The van der Waals surface area contributed by atoms with E-state index in [4.69, 9.17) is 14.8 Å². The number of hydrogen-bond acceptors (Lipinski definition) is 6. The van der Waals surface area contributed by atoms with Crippen LogP contribution in [0.4, 0.5) is 8.78 Å². The molecular weight excluding hydrogens is 474 g/mol. The van der Waals surface area contributed by atoms with Gasteiger partial charge in [-0.15, -0.1) is 0 Å². The first kappa shape index (κ1) is 24.1. The monoisotopic (exact) mass is 504 g/mol. The number of rotatable bonds is 5. The average Bonchev–Trinajstić information content (AvgIpc) is 3.32. The molecule has 2 aromatic carbocycles. The number of ether oxygens (including phenoxy) is 1. The molecule has 4 aromatic rings. The van der Waals surface area contributed by atoms with Crippen LogP contribution < -0.4 is 5.32 Å². The number of piperidine rings is 1. The van der Waals surface area contributed by atoms with E-state index in [1.54, 1.807) is 6.20 Å². The number of halogens is 2. The second-order valence-corrected chi connectivity index (χ2v) is 9.82. The van der Waals surface area contributed by atoms with Crippen molar-refractivity contribution in [2.24, 2.45) is 0 Å². The van der Waals surface area contributed by atoms with Crippen LogP contribution in [-0.4, -0.2) is 64.0 Å². The summed E-state index contributed by atoms with van der Waals surface area (Å²) in [6.07, 6.45) is 5.86. The van der Waals surface area contributed by atoms with E-state index in [0.29, 0.717) is 60.2 Å². The van der Waals surface area contributed by atoms with Crippen molar-refractivity contribution in [2.45, 2.75) is 32.4 Å². The Bertz CT molecular complexity index is 1400.